The van der Waals surface area contributed by atoms with Crippen LogP contribution in [-0.2, 0) is 54.8 Å². The van der Waals surface area contributed by atoms with E-state index >= 15 is 0 Å². The molecule has 99 heavy (non-hydrogen) atoms. The maximum absolute atomic E-state index is 13.9. The molecular weight excluding hydrogens is 1240 g/mol. The smallest absolute Gasteiger partial charge is 0.346 e. The third kappa shape index (κ3) is 20.8. The molecule has 524 valence electrons. The molecule has 0 aliphatic carbocycles. The Morgan fingerprint density at radius 1 is 0.384 bits per heavy atom. The fourth-order valence-corrected chi connectivity index (χ4v) is 13.8. The Morgan fingerprint density at radius 2 is 0.677 bits per heavy atom. The average Bonchev–Trinajstić information content (AvgIpc) is 0.784. The monoisotopic (exact) mass is 1340 g/mol. The number of hydrazine groups is 1. The van der Waals surface area contributed by atoms with E-state index in [0.717, 1.165) is 44.8 Å². The summed E-state index contributed by atoms with van der Waals surface area (Å²) in [5.41, 5.74) is 10.5. The predicted molar refractivity (Wildman–Crippen MR) is 395 cm³/mol. The number of aliphatic carboxylic acids is 3. The molecule has 6 N–H and O–H groups in total. The third-order valence-corrected chi connectivity index (χ3v) is 19.1. The fraction of sp³-hybridized carbons (Fsp3) is 0.357. The van der Waals surface area contributed by atoms with E-state index in [-0.39, 0.29) is 29.6 Å². The van der Waals surface area contributed by atoms with E-state index < -0.39 is 81.2 Å². The van der Waals surface area contributed by atoms with Crippen LogP contribution in [0.2, 0.25) is 0 Å². The molecule has 0 aliphatic rings. The summed E-state index contributed by atoms with van der Waals surface area (Å²) in [6.07, 6.45) is 1.84. The molecule has 0 saturated heterocycles. The molecule has 0 fully saturated rings. The number of carbonyl (C=O) groups is 6. The van der Waals surface area contributed by atoms with Gasteiger partial charge in [0.15, 0.2) is 0 Å². The van der Waals surface area contributed by atoms with Crippen LogP contribution < -0.4 is 21.1 Å². The number of carboxylic acids is 3. The molecule has 0 aromatic heterocycles. The van der Waals surface area contributed by atoms with Gasteiger partial charge in [0.05, 0.1) is 41.2 Å². The van der Waals surface area contributed by atoms with Crippen molar-refractivity contribution in [2.75, 3.05) is 29.7 Å². The van der Waals surface area contributed by atoms with Gasteiger partial charge in [0.25, 0.3) is 0 Å². The van der Waals surface area contributed by atoms with Crippen LogP contribution in [0.4, 0.5) is 17.1 Å². The molecule has 15 heteroatoms. The summed E-state index contributed by atoms with van der Waals surface area (Å²) in [6.45, 7) is 22.7. The van der Waals surface area contributed by atoms with Crippen LogP contribution >= 0.6 is 0 Å². The number of hydrogen-bond donors (Lipinski definition) is 6. The van der Waals surface area contributed by atoms with E-state index in [9.17, 15) is 44.1 Å². The molecule has 8 aromatic rings. The first-order valence-electron chi connectivity index (χ1n) is 34.1. The maximum Gasteiger partial charge on any atom is 0.346 e. The van der Waals surface area contributed by atoms with Gasteiger partial charge < -0.3 is 25.5 Å². The number of hydrogen-bond acceptors (Lipinski definition) is 10. The zero-order chi connectivity index (χ0) is 72.7. The molecule has 9 unspecified atom stereocenters. The van der Waals surface area contributed by atoms with Gasteiger partial charge in [0.1, 0.15) is 5.60 Å². The molecule has 0 heterocycles. The van der Waals surface area contributed by atoms with Crippen LogP contribution in [0, 0.1) is 35.5 Å². The fourth-order valence-electron chi connectivity index (χ4n) is 13.8. The number of carbonyl (C=O) groups excluding carboxylic acids is 3. The highest BCUT2D eigenvalue weighted by molar-refractivity contribution is 5.96. The van der Waals surface area contributed by atoms with Crippen molar-refractivity contribution in [2.45, 2.75) is 142 Å². The zero-order valence-electron chi connectivity index (χ0n) is 59.9. The summed E-state index contributed by atoms with van der Waals surface area (Å²) in [5, 5.41) is 34.4. The van der Waals surface area contributed by atoms with Crippen LogP contribution in [0.25, 0.3) is 0 Å². The molecule has 9 atom stereocenters. The van der Waals surface area contributed by atoms with Gasteiger partial charge in [0, 0.05) is 41.7 Å². The molecule has 0 spiro atoms. The van der Waals surface area contributed by atoms with Gasteiger partial charge in [-0.05, 0) is 128 Å². The van der Waals surface area contributed by atoms with Crippen LogP contribution in [0.1, 0.15) is 153 Å². The number of anilines is 3. The SMILES string of the molecule is CCC(c1ccccc1)C(C(=O)NNc1ccccc1)C(C(=O)O)C(C)(C)c1ccccc1.CCC(c1ccccc1)C(C(=O)Nc1ccc(N(C)C)cc1)C(C(=O)O)C(C)(C)c1ccccc1.CCC(c1ccccc1)C(C(=O)OOC(C)(C)C)C(C(=O)O)C(C)(C)c1ccccc1. The number of rotatable bonds is 29. The lowest BCUT2D eigenvalue weighted by atomic mass is 9.63. The summed E-state index contributed by atoms with van der Waals surface area (Å²) in [4.78, 5) is 91.9. The largest absolute Gasteiger partial charge is 0.481 e. The van der Waals surface area contributed by atoms with Crippen molar-refractivity contribution in [1.29, 1.82) is 0 Å². The second kappa shape index (κ2) is 36.1. The quantitative estimate of drug-likeness (QED) is 0.0190. The summed E-state index contributed by atoms with van der Waals surface area (Å²) in [7, 11) is 3.91. The first kappa shape index (κ1) is 78.1. The molecule has 0 aliphatic heterocycles. The van der Waals surface area contributed by atoms with Gasteiger partial charge in [-0.3, -0.25) is 39.7 Å². The minimum absolute atomic E-state index is 0.263. The van der Waals surface area contributed by atoms with E-state index in [0.29, 0.717) is 24.9 Å². The molecule has 2 amide bonds. The van der Waals surface area contributed by atoms with Gasteiger partial charge in [-0.15, -0.1) is 0 Å². The second-order valence-corrected chi connectivity index (χ2v) is 28.1. The Hall–Kier alpha value is -9.86. The van der Waals surface area contributed by atoms with Gasteiger partial charge in [-0.1, -0.05) is 263 Å². The van der Waals surface area contributed by atoms with Crippen LogP contribution in [0.3, 0.4) is 0 Å². The highest BCUT2D eigenvalue weighted by atomic mass is 17.2. The molecule has 8 aromatic carbocycles. The Kier molecular flexibility index (Phi) is 28.5. The van der Waals surface area contributed by atoms with Gasteiger partial charge >= 0.3 is 23.9 Å². The minimum atomic E-state index is -1.04. The standard InChI is InChI=1S/C30H36N2O3.C28H32N2O3.C26H34O5/c1-6-25(21-13-9-7-10-14-21)26(28(33)31-23-17-19-24(20-18-23)32(4)5)27(29(34)35)30(2,3)22-15-11-8-12-16-22;1-4-23(20-14-8-5-9-15-20)24(26(31)30-29-22-18-12-7-13-19-22)25(27(32)33)28(2,3)21-16-10-6-11-17-21;1-7-20(18-14-10-8-11-15-18)21(24(29)30-31-25(2,3)4)22(23(27)28)26(5,6)19-16-12-9-13-17-19/h7-20,25-27H,6H2,1-5H3,(H,31,33)(H,34,35);5-19,23-25,29H,4H2,1-3H3,(H,30,31)(H,32,33);8-17,20-22H,7H2,1-6H3,(H,27,28). The van der Waals surface area contributed by atoms with E-state index in [4.69, 9.17) is 9.78 Å². The minimum Gasteiger partial charge on any atom is -0.481 e. The Morgan fingerprint density at radius 3 is 0.980 bits per heavy atom. The number of carboxylic acid groups (broad SMARTS) is 3. The lowest BCUT2D eigenvalue weighted by Crippen LogP contribution is -2.49. The molecule has 8 rings (SSSR count). The summed E-state index contributed by atoms with van der Waals surface area (Å²) in [5.74, 6) is -10.6. The second-order valence-electron chi connectivity index (χ2n) is 28.1. The van der Waals surface area contributed by atoms with Crippen LogP contribution in [-0.4, -0.2) is 70.7 Å². The predicted octanol–water partition coefficient (Wildman–Crippen LogP) is 17.5. The first-order chi connectivity index (χ1) is 47.0. The molecule has 0 bridgehead atoms. The Labute approximate surface area is 586 Å². The number of nitrogens with zero attached hydrogens (tertiary/aromatic N) is 1. The van der Waals surface area contributed by atoms with Crippen LogP contribution in [0.5, 0.6) is 0 Å². The van der Waals surface area contributed by atoms with Crippen molar-refractivity contribution >= 4 is 52.8 Å². The van der Waals surface area contributed by atoms with Crippen molar-refractivity contribution < 1.29 is 53.9 Å². The normalized spacial score (nSPS) is 14.3. The highest BCUT2D eigenvalue weighted by Crippen LogP contribution is 2.48. The zero-order valence-corrected chi connectivity index (χ0v) is 59.9. The van der Waals surface area contributed by atoms with Crippen LogP contribution in [0.15, 0.2) is 237 Å². The van der Waals surface area contributed by atoms with E-state index in [2.05, 4.69) is 16.2 Å². The number of para-hydroxylation sites is 1. The van der Waals surface area contributed by atoms with Gasteiger partial charge in [0.2, 0.25) is 11.8 Å². The topological polar surface area (TPSA) is 221 Å². The van der Waals surface area contributed by atoms with E-state index in [1.165, 1.54) is 0 Å². The Bertz CT molecular complexity index is 3790. The number of nitrogens with one attached hydrogen (secondary N) is 3. The van der Waals surface area contributed by atoms with Crippen molar-refractivity contribution in [3.8, 4) is 0 Å². The number of benzene rings is 8. The molecular formula is C84H102N4O11. The number of amides is 2. The summed E-state index contributed by atoms with van der Waals surface area (Å²) in [6, 6.07) is 74.5. The van der Waals surface area contributed by atoms with E-state index in [1.54, 1.807) is 20.8 Å². The summed E-state index contributed by atoms with van der Waals surface area (Å²) >= 11 is 0. The molecule has 0 radical (unpaired) electrons. The van der Waals surface area contributed by atoms with Crippen molar-refractivity contribution in [3.05, 3.63) is 270 Å². The van der Waals surface area contributed by atoms with E-state index in [1.807, 2.05) is 318 Å². The third-order valence-electron chi connectivity index (χ3n) is 19.1. The molecule has 0 saturated carbocycles. The van der Waals surface area contributed by atoms with Crippen molar-refractivity contribution in [1.82, 2.24) is 5.43 Å². The van der Waals surface area contributed by atoms with Crippen molar-refractivity contribution in [3.63, 3.8) is 0 Å². The lowest BCUT2D eigenvalue weighted by Gasteiger charge is -2.40. The molecule has 15 nitrogen and oxygen atoms in total. The summed E-state index contributed by atoms with van der Waals surface area (Å²) < 4.78 is 0. The lowest BCUT2D eigenvalue weighted by molar-refractivity contribution is -0.324. The van der Waals surface area contributed by atoms with Gasteiger partial charge in [-0.2, -0.15) is 4.89 Å². The first-order valence-corrected chi connectivity index (χ1v) is 34.1. The maximum atomic E-state index is 13.9. The van der Waals surface area contributed by atoms with Gasteiger partial charge in [-0.25, -0.2) is 4.79 Å². The average molecular weight is 1340 g/mol. The highest BCUT2D eigenvalue weighted by Gasteiger charge is 2.52. The van der Waals surface area contributed by atoms with Crippen molar-refractivity contribution in [2.24, 2.45) is 35.5 Å². The Balaban J connectivity index is 0.000000235.